The molecule has 106 valence electrons. The van der Waals surface area contributed by atoms with Crippen LogP contribution < -0.4 is 10.5 Å². The van der Waals surface area contributed by atoms with Gasteiger partial charge >= 0.3 is 0 Å². The minimum absolute atomic E-state index is 0.0758. The van der Waals surface area contributed by atoms with Gasteiger partial charge in [-0.1, -0.05) is 11.6 Å². The molecular weight excluding hydrogens is 307 g/mol. The summed E-state index contributed by atoms with van der Waals surface area (Å²) in [5.41, 5.74) is 5.77. The van der Waals surface area contributed by atoms with E-state index in [1.165, 1.54) is 24.8 Å². The van der Waals surface area contributed by atoms with Gasteiger partial charge in [0, 0.05) is 6.54 Å². The number of hydrogen-bond donors (Lipinski definition) is 2. The summed E-state index contributed by atoms with van der Waals surface area (Å²) in [6.07, 6.45) is 3.81. The van der Waals surface area contributed by atoms with Crippen LogP contribution in [-0.4, -0.2) is 18.4 Å². The highest BCUT2D eigenvalue weighted by molar-refractivity contribution is 7.92. The first-order valence-electron chi connectivity index (χ1n) is 5.40. The molecule has 0 aliphatic heterocycles. The summed E-state index contributed by atoms with van der Waals surface area (Å²) in [6.45, 7) is -0.0758. The van der Waals surface area contributed by atoms with E-state index in [0.717, 1.165) is 6.07 Å². The van der Waals surface area contributed by atoms with Crippen molar-refractivity contribution in [3.63, 3.8) is 0 Å². The molecular formula is C11H10ClFN4O2S. The molecule has 0 atom stereocenters. The number of anilines is 1. The van der Waals surface area contributed by atoms with Gasteiger partial charge in [0.15, 0.2) is 0 Å². The quantitative estimate of drug-likeness (QED) is 0.891. The Labute approximate surface area is 119 Å². The van der Waals surface area contributed by atoms with Crippen LogP contribution in [0.4, 0.5) is 10.1 Å². The van der Waals surface area contributed by atoms with Gasteiger partial charge in [0.2, 0.25) is 0 Å². The van der Waals surface area contributed by atoms with Gasteiger partial charge in [-0.2, -0.15) is 0 Å². The zero-order chi connectivity index (χ0) is 14.8. The van der Waals surface area contributed by atoms with E-state index in [1.807, 2.05) is 0 Å². The minimum atomic E-state index is -3.97. The van der Waals surface area contributed by atoms with Crippen molar-refractivity contribution < 1.29 is 12.8 Å². The van der Waals surface area contributed by atoms with Crippen LogP contribution in [0.5, 0.6) is 0 Å². The van der Waals surface area contributed by atoms with Gasteiger partial charge in [0.25, 0.3) is 10.0 Å². The van der Waals surface area contributed by atoms with E-state index in [9.17, 15) is 12.8 Å². The molecule has 0 bridgehead atoms. The molecule has 2 aromatic rings. The molecule has 0 amide bonds. The Kier molecular flexibility index (Phi) is 4.17. The number of halogens is 2. The summed E-state index contributed by atoms with van der Waals surface area (Å²) < 4.78 is 40.1. The zero-order valence-electron chi connectivity index (χ0n) is 10.0. The van der Waals surface area contributed by atoms with E-state index in [4.69, 9.17) is 17.3 Å². The fraction of sp³-hybridized carbons (Fsp3) is 0.0909. The molecule has 6 nitrogen and oxygen atoms in total. The first kappa shape index (κ1) is 14.6. The molecule has 0 fully saturated rings. The van der Waals surface area contributed by atoms with Crippen LogP contribution in [-0.2, 0) is 16.6 Å². The van der Waals surface area contributed by atoms with Crippen molar-refractivity contribution in [1.82, 2.24) is 9.97 Å². The van der Waals surface area contributed by atoms with Crippen molar-refractivity contribution in [2.24, 2.45) is 5.73 Å². The first-order valence-corrected chi connectivity index (χ1v) is 7.26. The molecule has 1 aromatic heterocycles. The molecule has 20 heavy (non-hydrogen) atoms. The van der Waals surface area contributed by atoms with Gasteiger partial charge in [-0.05, 0) is 17.7 Å². The lowest BCUT2D eigenvalue weighted by molar-refractivity contribution is 0.594. The standard InChI is InChI=1S/C11H10ClFN4O2S/c12-11-7(3-14)1-9(2-10(11)13)20(18,19)17-8-4-15-6-16-5-8/h1-2,4-6,17H,3,14H2. The highest BCUT2D eigenvalue weighted by Gasteiger charge is 2.19. The van der Waals surface area contributed by atoms with Crippen LogP contribution in [0.2, 0.25) is 5.02 Å². The maximum Gasteiger partial charge on any atom is 0.262 e. The average molecular weight is 317 g/mol. The topological polar surface area (TPSA) is 98.0 Å². The second-order valence-corrected chi connectivity index (χ2v) is 5.88. The van der Waals surface area contributed by atoms with Crippen LogP contribution >= 0.6 is 11.6 Å². The maximum atomic E-state index is 13.6. The summed E-state index contributed by atoms with van der Waals surface area (Å²) >= 11 is 5.69. The lowest BCUT2D eigenvalue weighted by Crippen LogP contribution is -2.14. The van der Waals surface area contributed by atoms with Gasteiger partial charge in [-0.25, -0.2) is 22.8 Å². The summed E-state index contributed by atoms with van der Waals surface area (Å²) in [7, 11) is -3.97. The molecule has 0 aliphatic carbocycles. The number of nitrogens with zero attached hydrogens (tertiary/aromatic N) is 2. The lowest BCUT2D eigenvalue weighted by Gasteiger charge is -2.10. The smallest absolute Gasteiger partial charge is 0.262 e. The Bertz CT molecular complexity index is 725. The number of aromatic nitrogens is 2. The SMILES string of the molecule is NCc1cc(S(=O)(=O)Nc2cncnc2)cc(F)c1Cl. The fourth-order valence-electron chi connectivity index (χ4n) is 1.49. The Morgan fingerprint density at radius 2 is 1.95 bits per heavy atom. The van der Waals surface area contributed by atoms with E-state index in [2.05, 4.69) is 14.7 Å². The molecule has 0 aliphatic rings. The van der Waals surface area contributed by atoms with E-state index >= 15 is 0 Å². The van der Waals surface area contributed by atoms with Gasteiger partial charge in [0.05, 0.1) is 28.0 Å². The van der Waals surface area contributed by atoms with Crippen LogP contribution in [0.25, 0.3) is 0 Å². The lowest BCUT2D eigenvalue weighted by atomic mass is 10.2. The number of rotatable bonds is 4. The average Bonchev–Trinajstić information content (AvgIpc) is 2.42. The van der Waals surface area contributed by atoms with Crippen molar-refractivity contribution in [2.45, 2.75) is 11.4 Å². The molecule has 2 rings (SSSR count). The fourth-order valence-corrected chi connectivity index (χ4v) is 2.76. The molecule has 1 aromatic carbocycles. The Morgan fingerprint density at radius 1 is 1.30 bits per heavy atom. The van der Waals surface area contributed by atoms with Crippen LogP contribution in [0.15, 0.2) is 35.7 Å². The van der Waals surface area contributed by atoms with Crippen LogP contribution in [0.3, 0.4) is 0 Å². The number of sulfonamides is 1. The van der Waals surface area contributed by atoms with Crippen molar-refractivity contribution in [3.8, 4) is 0 Å². The van der Waals surface area contributed by atoms with Gasteiger partial charge in [-0.15, -0.1) is 0 Å². The Balaban J connectivity index is 2.42. The van der Waals surface area contributed by atoms with E-state index in [0.29, 0.717) is 0 Å². The van der Waals surface area contributed by atoms with Crippen LogP contribution in [0, 0.1) is 5.82 Å². The zero-order valence-corrected chi connectivity index (χ0v) is 11.6. The normalized spacial score (nSPS) is 11.3. The van der Waals surface area contributed by atoms with Gasteiger partial charge in [0.1, 0.15) is 12.1 Å². The number of nitrogens with two attached hydrogens (primary N) is 1. The van der Waals surface area contributed by atoms with E-state index in [-0.39, 0.29) is 27.7 Å². The summed E-state index contributed by atoms with van der Waals surface area (Å²) in [4.78, 5) is 7.07. The highest BCUT2D eigenvalue weighted by atomic mass is 35.5. The summed E-state index contributed by atoms with van der Waals surface area (Å²) in [5.74, 6) is -0.848. The monoisotopic (exact) mass is 316 g/mol. The first-order chi connectivity index (χ1) is 9.44. The molecule has 0 radical (unpaired) electrons. The predicted molar refractivity (Wildman–Crippen MR) is 72.1 cm³/mol. The Morgan fingerprint density at radius 3 is 2.55 bits per heavy atom. The van der Waals surface area contributed by atoms with E-state index < -0.39 is 15.8 Å². The van der Waals surface area contributed by atoms with Crippen LogP contribution in [0.1, 0.15) is 5.56 Å². The highest BCUT2D eigenvalue weighted by Crippen LogP contribution is 2.25. The summed E-state index contributed by atoms with van der Waals surface area (Å²) in [5, 5.41) is -0.186. The van der Waals surface area contributed by atoms with Crippen molar-refractivity contribution in [1.29, 1.82) is 0 Å². The summed E-state index contributed by atoms with van der Waals surface area (Å²) in [6, 6.07) is 2.05. The third-order valence-corrected chi connectivity index (χ3v) is 4.20. The van der Waals surface area contributed by atoms with Crippen molar-refractivity contribution >= 4 is 27.3 Å². The predicted octanol–water partition coefficient (Wildman–Crippen LogP) is 1.53. The van der Waals surface area contributed by atoms with Gasteiger partial charge in [-0.3, -0.25) is 4.72 Å². The number of nitrogens with one attached hydrogen (secondary N) is 1. The third kappa shape index (κ3) is 3.03. The molecule has 1 heterocycles. The largest absolute Gasteiger partial charge is 0.326 e. The molecule has 0 unspecified atom stereocenters. The molecule has 0 spiro atoms. The third-order valence-electron chi connectivity index (χ3n) is 2.42. The molecule has 0 saturated heterocycles. The number of hydrogen-bond acceptors (Lipinski definition) is 5. The number of benzene rings is 1. The Hall–Kier alpha value is -1.77. The van der Waals surface area contributed by atoms with Gasteiger partial charge < -0.3 is 5.73 Å². The van der Waals surface area contributed by atoms with E-state index in [1.54, 1.807) is 0 Å². The maximum absolute atomic E-state index is 13.6. The molecule has 0 saturated carbocycles. The molecule has 3 N–H and O–H groups in total. The second-order valence-electron chi connectivity index (χ2n) is 3.81. The second kappa shape index (κ2) is 5.70. The minimum Gasteiger partial charge on any atom is -0.326 e. The molecule has 9 heteroatoms. The van der Waals surface area contributed by atoms with Crippen molar-refractivity contribution in [2.75, 3.05) is 4.72 Å². The van der Waals surface area contributed by atoms with Crippen molar-refractivity contribution in [3.05, 3.63) is 47.3 Å².